The molecule has 1 aliphatic carbocycles. The fraction of sp³-hybridized carbons (Fsp3) is 0.385. The van der Waals surface area contributed by atoms with Crippen LogP contribution in [0.3, 0.4) is 0 Å². The summed E-state index contributed by atoms with van der Waals surface area (Å²) in [6.07, 6.45) is 7.19. The van der Waals surface area contributed by atoms with E-state index in [1.807, 2.05) is 25.1 Å². The molecule has 0 bridgehead atoms. The number of ketones is 1. The molecular weight excluding hydrogens is 418 g/mol. The molecule has 1 aliphatic heterocycles. The Hall–Kier alpha value is -3.48. The number of ether oxygens (including phenoxy) is 1. The normalized spacial score (nSPS) is 15.5. The number of carbonyl (C=O) groups excluding carboxylic acids is 3. The number of fused-ring (bicyclic) bond motifs is 2. The quantitative estimate of drug-likeness (QED) is 0.473. The van der Waals surface area contributed by atoms with E-state index < -0.39 is 5.97 Å². The summed E-state index contributed by atoms with van der Waals surface area (Å²) in [7, 11) is 0. The Bertz CT molecular complexity index is 1250. The van der Waals surface area contributed by atoms with Gasteiger partial charge >= 0.3 is 5.97 Å². The van der Waals surface area contributed by atoms with Crippen molar-refractivity contribution in [2.45, 2.75) is 45.4 Å². The molecule has 0 atom stereocenters. The van der Waals surface area contributed by atoms with Gasteiger partial charge in [0.2, 0.25) is 5.78 Å². The third-order valence-corrected chi connectivity index (χ3v) is 6.58. The van der Waals surface area contributed by atoms with Crippen molar-refractivity contribution in [3.8, 4) is 0 Å². The van der Waals surface area contributed by atoms with Crippen LogP contribution in [0.1, 0.15) is 73.7 Å². The number of H-pyrrole nitrogens is 1. The lowest BCUT2D eigenvalue weighted by Crippen LogP contribution is -2.27. The van der Waals surface area contributed by atoms with E-state index in [0.29, 0.717) is 16.8 Å². The van der Waals surface area contributed by atoms with Gasteiger partial charge in [-0.25, -0.2) is 4.79 Å². The highest BCUT2D eigenvalue weighted by Crippen LogP contribution is 2.30. The minimum absolute atomic E-state index is 0.103. The van der Waals surface area contributed by atoms with Gasteiger partial charge in [0.25, 0.3) is 5.91 Å². The van der Waals surface area contributed by atoms with E-state index in [4.69, 9.17) is 9.72 Å². The van der Waals surface area contributed by atoms with Crippen LogP contribution in [0.4, 0.5) is 0 Å². The number of aryl methyl sites for hydroxylation is 2. The number of likely N-dealkylation sites (tertiary alicyclic amines) is 1. The fourth-order valence-electron chi connectivity index (χ4n) is 4.83. The van der Waals surface area contributed by atoms with E-state index in [1.54, 1.807) is 11.0 Å². The van der Waals surface area contributed by atoms with Crippen LogP contribution in [-0.2, 0) is 17.6 Å². The van der Waals surface area contributed by atoms with E-state index in [-0.39, 0.29) is 18.3 Å². The first kappa shape index (κ1) is 21.4. The molecule has 1 saturated heterocycles. The number of aromatic amines is 1. The molecule has 0 radical (unpaired) electrons. The molecule has 33 heavy (non-hydrogen) atoms. The number of hydrogen-bond donors (Lipinski definition) is 1. The third-order valence-electron chi connectivity index (χ3n) is 6.58. The number of nitrogens with zero attached hydrogens (tertiary/aromatic N) is 2. The van der Waals surface area contributed by atoms with Crippen molar-refractivity contribution in [3.05, 3.63) is 64.1 Å². The number of benzene rings is 1. The van der Waals surface area contributed by atoms with Crippen LogP contribution < -0.4 is 0 Å². The van der Waals surface area contributed by atoms with Crippen LogP contribution in [0.25, 0.3) is 10.9 Å². The third kappa shape index (κ3) is 4.15. The monoisotopic (exact) mass is 445 g/mol. The van der Waals surface area contributed by atoms with E-state index in [2.05, 4.69) is 4.98 Å². The number of Topliss-reactive ketones (excluding diaryl/α,β-unsaturated/α-hetero) is 1. The molecule has 0 spiro atoms. The van der Waals surface area contributed by atoms with Crippen molar-refractivity contribution >= 4 is 28.6 Å². The predicted octanol–water partition coefficient (Wildman–Crippen LogP) is 4.03. The molecule has 7 heteroatoms. The molecule has 1 aromatic carbocycles. The SMILES string of the molecule is Cc1ccc2nc3c(c(C(=O)OCC(=O)c4c[nH]c(C(=O)N5CCCC5)c4)c2c1)CCCC3. The number of pyridine rings is 1. The van der Waals surface area contributed by atoms with Crippen molar-refractivity contribution in [1.29, 1.82) is 0 Å². The minimum atomic E-state index is -0.497. The van der Waals surface area contributed by atoms with Crippen LogP contribution in [0.2, 0.25) is 0 Å². The van der Waals surface area contributed by atoms with Gasteiger partial charge in [-0.3, -0.25) is 14.6 Å². The van der Waals surface area contributed by atoms with E-state index in [0.717, 1.165) is 79.3 Å². The van der Waals surface area contributed by atoms with Gasteiger partial charge in [-0.15, -0.1) is 0 Å². The zero-order valence-electron chi connectivity index (χ0n) is 18.8. The Labute approximate surface area is 192 Å². The predicted molar refractivity (Wildman–Crippen MR) is 124 cm³/mol. The molecule has 7 nitrogen and oxygen atoms in total. The zero-order chi connectivity index (χ0) is 22.9. The van der Waals surface area contributed by atoms with Gasteiger partial charge in [-0.2, -0.15) is 0 Å². The van der Waals surface area contributed by atoms with Crippen molar-refractivity contribution in [2.75, 3.05) is 19.7 Å². The Morgan fingerprint density at radius 3 is 2.67 bits per heavy atom. The number of nitrogens with one attached hydrogen (secondary N) is 1. The van der Waals surface area contributed by atoms with Gasteiger partial charge in [-0.1, -0.05) is 11.6 Å². The zero-order valence-corrected chi connectivity index (χ0v) is 18.8. The molecule has 2 aliphatic rings. The average molecular weight is 446 g/mol. The summed E-state index contributed by atoms with van der Waals surface area (Å²) in [6, 6.07) is 7.41. The smallest absolute Gasteiger partial charge is 0.339 e. The van der Waals surface area contributed by atoms with Gasteiger partial charge in [0.1, 0.15) is 5.69 Å². The largest absolute Gasteiger partial charge is 0.454 e. The molecule has 1 N–H and O–H groups in total. The van der Waals surface area contributed by atoms with Crippen molar-refractivity contribution in [3.63, 3.8) is 0 Å². The van der Waals surface area contributed by atoms with E-state index in [1.165, 1.54) is 6.20 Å². The molecule has 1 amide bonds. The Morgan fingerprint density at radius 1 is 1.06 bits per heavy atom. The lowest BCUT2D eigenvalue weighted by Gasteiger charge is -2.20. The van der Waals surface area contributed by atoms with Crippen molar-refractivity contribution < 1.29 is 19.1 Å². The molecule has 5 rings (SSSR count). The first-order valence-corrected chi connectivity index (χ1v) is 11.6. The minimum Gasteiger partial charge on any atom is -0.454 e. The number of carbonyl (C=O) groups is 3. The fourth-order valence-corrected chi connectivity index (χ4v) is 4.83. The van der Waals surface area contributed by atoms with Crippen molar-refractivity contribution in [2.24, 2.45) is 0 Å². The first-order chi connectivity index (χ1) is 16.0. The van der Waals surface area contributed by atoms with Gasteiger partial charge in [-0.05, 0) is 69.2 Å². The summed E-state index contributed by atoms with van der Waals surface area (Å²) in [6.45, 7) is 3.08. The van der Waals surface area contributed by atoms with Crippen LogP contribution in [0.5, 0.6) is 0 Å². The second kappa shape index (κ2) is 8.81. The lowest BCUT2D eigenvalue weighted by molar-refractivity contribution is 0.0475. The summed E-state index contributed by atoms with van der Waals surface area (Å²) < 4.78 is 5.50. The molecule has 0 unspecified atom stereocenters. The van der Waals surface area contributed by atoms with Crippen LogP contribution in [-0.4, -0.2) is 52.2 Å². The Kier molecular flexibility index (Phi) is 5.70. The number of esters is 1. The molecule has 0 saturated carbocycles. The highest BCUT2D eigenvalue weighted by molar-refractivity contribution is 6.07. The maximum atomic E-state index is 13.2. The summed E-state index contributed by atoms with van der Waals surface area (Å²) in [5.74, 6) is -0.944. The highest BCUT2D eigenvalue weighted by Gasteiger charge is 2.25. The van der Waals surface area contributed by atoms with Crippen LogP contribution >= 0.6 is 0 Å². The first-order valence-electron chi connectivity index (χ1n) is 11.6. The molecule has 1 fully saturated rings. The van der Waals surface area contributed by atoms with E-state index >= 15 is 0 Å². The topological polar surface area (TPSA) is 92.4 Å². The standard InChI is InChI=1S/C26H27N3O4/c1-16-8-9-21-19(12-16)24(18-6-2-3-7-20(18)28-21)26(32)33-15-23(30)17-13-22(27-14-17)25(31)29-10-4-5-11-29/h8-9,12-14,27H,2-7,10-11,15H2,1H3. The molecular formula is C26H27N3O4. The van der Waals surface area contributed by atoms with Gasteiger partial charge in [0.15, 0.2) is 6.61 Å². The summed E-state index contributed by atoms with van der Waals surface area (Å²) in [5, 5.41) is 0.772. The van der Waals surface area contributed by atoms with Gasteiger partial charge < -0.3 is 14.6 Å². The second-order valence-corrected chi connectivity index (χ2v) is 8.94. The molecule has 2 aromatic heterocycles. The van der Waals surface area contributed by atoms with Gasteiger partial charge in [0.05, 0.1) is 11.1 Å². The summed E-state index contributed by atoms with van der Waals surface area (Å²) in [5.41, 5.74) is 4.95. The molecule has 170 valence electrons. The van der Waals surface area contributed by atoms with E-state index in [9.17, 15) is 14.4 Å². The van der Waals surface area contributed by atoms with Crippen LogP contribution in [0.15, 0.2) is 30.5 Å². The van der Waals surface area contributed by atoms with Crippen LogP contribution in [0, 0.1) is 6.92 Å². The Balaban J connectivity index is 1.35. The maximum Gasteiger partial charge on any atom is 0.339 e. The Morgan fingerprint density at radius 2 is 1.85 bits per heavy atom. The molecule has 3 heterocycles. The molecule has 3 aromatic rings. The summed E-state index contributed by atoms with van der Waals surface area (Å²) >= 11 is 0. The van der Waals surface area contributed by atoms with Crippen molar-refractivity contribution in [1.82, 2.24) is 14.9 Å². The maximum absolute atomic E-state index is 13.2. The number of hydrogen-bond acceptors (Lipinski definition) is 5. The highest BCUT2D eigenvalue weighted by atomic mass is 16.5. The van der Waals surface area contributed by atoms with Gasteiger partial charge in [0, 0.05) is 35.9 Å². The number of rotatable bonds is 5. The number of aromatic nitrogens is 2. The number of amides is 1. The average Bonchev–Trinajstić information content (AvgIpc) is 3.53. The second-order valence-electron chi connectivity index (χ2n) is 8.94. The lowest BCUT2D eigenvalue weighted by atomic mass is 9.89. The summed E-state index contributed by atoms with van der Waals surface area (Å²) in [4.78, 5) is 47.9.